The molecule has 1 aliphatic carbocycles. The molecule has 1 spiro atoms. The highest BCUT2D eigenvalue weighted by Crippen LogP contribution is 2.48. The van der Waals surface area contributed by atoms with E-state index >= 15 is 0 Å². The molecule has 0 unspecified atom stereocenters. The maximum absolute atomic E-state index is 11.6. The molecule has 1 fully saturated rings. The fraction of sp³-hybridized carbons (Fsp3) is 0.455. The molecule has 6 heteroatoms. The van der Waals surface area contributed by atoms with Gasteiger partial charge in [0.25, 0.3) is 0 Å². The van der Waals surface area contributed by atoms with Gasteiger partial charge in [-0.3, -0.25) is 4.79 Å². The predicted molar refractivity (Wildman–Crippen MR) is 59.3 cm³/mol. The number of anilines is 2. The number of carboxylic acids is 1. The Morgan fingerprint density at radius 3 is 2.76 bits per heavy atom. The van der Waals surface area contributed by atoms with Crippen molar-refractivity contribution in [2.75, 3.05) is 16.8 Å². The lowest BCUT2D eigenvalue weighted by molar-refractivity contribution is -0.116. The van der Waals surface area contributed by atoms with Crippen LogP contribution in [-0.4, -0.2) is 29.1 Å². The van der Waals surface area contributed by atoms with Gasteiger partial charge in [0.2, 0.25) is 11.7 Å². The predicted octanol–water partition coefficient (Wildman–Crippen LogP) is 1.29. The minimum Gasteiger partial charge on any atom is -0.475 e. The fourth-order valence-electron chi connectivity index (χ4n) is 2.27. The highest BCUT2D eigenvalue weighted by molar-refractivity contribution is 6.04. The monoisotopic (exact) mass is 236 g/mol. The van der Waals surface area contributed by atoms with Gasteiger partial charge in [0, 0.05) is 13.5 Å². The smallest absolute Gasteiger partial charge is 0.374 e. The summed E-state index contributed by atoms with van der Waals surface area (Å²) in [6, 6.07) is 0. The molecule has 6 nitrogen and oxygen atoms in total. The highest BCUT2D eigenvalue weighted by Gasteiger charge is 2.50. The van der Waals surface area contributed by atoms with Crippen molar-refractivity contribution >= 4 is 23.3 Å². The van der Waals surface area contributed by atoms with Crippen molar-refractivity contribution in [3.05, 3.63) is 12.0 Å². The number of rotatable bonds is 1. The summed E-state index contributed by atoms with van der Waals surface area (Å²) < 4.78 is 5.02. The molecular weight excluding hydrogens is 224 g/mol. The third-order valence-electron chi connectivity index (χ3n) is 3.32. The van der Waals surface area contributed by atoms with Gasteiger partial charge < -0.3 is 19.7 Å². The quantitative estimate of drug-likeness (QED) is 0.767. The van der Waals surface area contributed by atoms with Crippen molar-refractivity contribution in [3.8, 4) is 0 Å². The number of nitrogens with one attached hydrogen (secondary N) is 1. The molecule has 1 aromatic rings. The van der Waals surface area contributed by atoms with Crippen molar-refractivity contribution < 1.29 is 19.1 Å². The summed E-state index contributed by atoms with van der Waals surface area (Å²) in [5.74, 6) is -1.51. The van der Waals surface area contributed by atoms with Gasteiger partial charge in [0.05, 0.1) is 11.2 Å². The fourth-order valence-corrected chi connectivity index (χ4v) is 2.27. The van der Waals surface area contributed by atoms with Crippen molar-refractivity contribution in [2.45, 2.75) is 25.3 Å². The zero-order valence-corrected chi connectivity index (χ0v) is 9.32. The van der Waals surface area contributed by atoms with Crippen molar-refractivity contribution in [1.29, 1.82) is 0 Å². The molecule has 2 aliphatic rings. The van der Waals surface area contributed by atoms with Gasteiger partial charge in [-0.2, -0.15) is 0 Å². The molecule has 2 heterocycles. The van der Waals surface area contributed by atoms with Crippen molar-refractivity contribution in [3.63, 3.8) is 0 Å². The molecule has 3 rings (SSSR count). The van der Waals surface area contributed by atoms with Crippen molar-refractivity contribution in [2.24, 2.45) is 0 Å². The molecule has 1 aliphatic heterocycles. The summed E-state index contributed by atoms with van der Waals surface area (Å²) >= 11 is 0. The van der Waals surface area contributed by atoms with Crippen LogP contribution in [0.15, 0.2) is 10.7 Å². The van der Waals surface area contributed by atoms with Gasteiger partial charge in [-0.05, 0) is 12.8 Å². The van der Waals surface area contributed by atoms with Gasteiger partial charge in [-0.1, -0.05) is 0 Å². The number of carbonyl (C=O) groups excluding carboxylic acids is 1. The number of furan rings is 1. The Morgan fingerprint density at radius 2 is 2.24 bits per heavy atom. The minimum absolute atomic E-state index is 0.0711. The second kappa shape index (κ2) is 3.03. The van der Waals surface area contributed by atoms with Crippen LogP contribution in [0.5, 0.6) is 0 Å². The van der Waals surface area contributed by atoms with Crippen LogP contribution in [0.4, 0.5) is 11.4 Å². The van der Waals surface area contributed by atoms with E-state index in [1.807, 2.05) is 0 Å². The largest absolute Gasteiger partial charge is 0.475 e. The van der Waals surface area contributed by atoms with Gasteiger partial charge in [-0.25, -0.2) is 4.79 Å². The zero-order chi connectivity index (χ0) is 12.2. The van der Waals surface area contributed by atoms with E-state index in [1.54, 1.807) is 0 Å². The van der Waals surface area contributed by atoms with Crippen LogP contribution >= 0.6 is 0 Å². The third-order valence-corrected chi connectivity index (χ3v) is 3.32. The maximum Gasteiger partial charge on any atom is 0.374 e. The first-order valence-electron chi connectivity index (χ1n) is 5.43. The van der Waals surface area contributed by atoms with Crippen LogP contribution in [0.1, 0.15) is 30.3 Å². The summed E-state index contributed by atoms with van der Waals surface area (Å²) in [4.78, 5) is 24.1. The SMILES string of the molecule is CC(=O)N1CC2(CC2)Nc2coc(C(=O)O)c21. The van der Waals surface area contributed by atoms with E-state index in [4.69, 9.17) is 9.52 Å². The number of carboxylic acid groups (broad SMARTS) is 1. The standard InChI is InChI=1S/C11H12N2O4/c1-6(14)13-5-11(2-3-11)12-7-4-17-9(8(7)13)10(15)16/h4,12H,2-3,5H2,1H3,(H,15,16). The molecule has 1 aromatic heterocycles. The number of hydrogen-bond donors (Lipinski definition) is 2. The van der Waals surface area contributed by atoms with Gasteiger partial charge in [0.1, 0.15) is 12.0 Å². The number of hydrogen-bond acceptors (Lipinski definition) is 4. The molecule has 0 saturated heterocycles. The molecule has 2 N–H and O–H groups in total. The number of amides is 1. The molecular formula is C11H12N2O4. The van der Waals surface area contributed by atoms with Crippen LogP contribution in [0.3, 0.4) is 0 Å². The van der Waals surface area contributed by atoms with Gasteiger partial charge in [-0.15, -0.1) is 0 Å². The summed E-state index contributed by atoms with van der Waals surface area (Å²) in [7, 11) is 0. The molecule has 0 bridgehead atoms. The maximum atomic E-state index is 11.6. The van der Waals surface area contributed by atoms with E-state index < -0.39 is 5.97 Å². The number of nitrogens with zero attached hydrogens (tertiary/aromatic N) is 1. The average molecular weight is 236 g/mol. The van der Waals surface area contributed by atoms with E-state index in [0.717, 1.165) is 12.8 Å². The molecule has 90 valence electrons. The van der Waals surface area contributed by atoms with E-state index in [1.165, 1.54) is 18.1 Å². The Hall–Kier alpha value is -1.98. The third kappa shape index (κ3) is 1.40. The Balaban J connectivity index is 2.11. The van der Waals surface area contributed by atoms with Crippen molar-refractivity contribution in [1.82, 2.24) is 0 Å². The van der Waals surface area contributed by atoms with E-state index in [-0.39, 0.29) is 17.2 Å². The summed E-state index contributed by atoms with van der Waals surface area (Å²) in [5, 5.41) is 12.3. The van der Waals surface area contributed by atoms with Gasteiger partial charge in [0.15, 0.2) is 0 Å². The summed E-state index contributed by atoms with van der Waals surface area (Å²) in [6.45, 7) is 1.94. The molecule has 1 amide bonds. The lowest BCUT2D eigenvalue weighted by Crippen LogP contribution is -2.45. The zero-order valence-electron chi connectivity index (χ0n) is 9.32. The molecule has 0 radical (unpaired) electrons. The number of fused-ring (bicyclic) bond motifs is 1. The van der Waals surface area contributed by atoms with E-state index in [9.17, 15) is 9.59 Å². The van der Waals surface area contributed by atoms with E-state index in [2.05, 4.69) is 5.32 Å². The Kier molecular flexibility index (Phi) is 1.81. The summed E-state index contributed by atoms with van der Waals surface area (Å²) in [5.41, 5.74) is 0.877. The van der Waals surface area contributed by atoms with Crippen LogP contribution in [0, 0.1) is 0 Å². The number of aromatic carboxylic acids is 1. The van der Waals surface area contributed by atoms with Crippen LogP contribution in [0.25, 0.3) is 0 Å². The Bertz CT molecular complexity index is 516. The second-order valence-corrected chi connectivity index (χ2v) is 4.64. The molecule has 0 atom stereocenters. The Morgan fingerprint density at radius 1 is 1.53 bits per heavy atom. The lowest BCUT2D eigenvalue weighted by atomic mass is 10.1. The minimum atomic E-state index is -1.16. The van der Waals surface area contributed by atoms with Crippen LogP contribution in [-0.2, 0) is 4.79 Å². The average Bonchev–Trinajstić information content (AvgIpc) is 2.86. The lowest BCUT2D eigenvalue weighted by Gasteiger charge is -2.33. The molecule has 1 saturated carbocycles. The first-order valence-corrected chi connectivity index (χ1v) is 5.43. The van der Waals surface area contributed by atoms with Crippen LogP contribution in [0.2, 0.25) is 0 Å². The second-order valence-electron chi connectivity index (χ2n) is 4.64. The van der Waals surface area contributed by atoms with E-state index in [0.29, 0.717) is 17.9 Å². The summed E-state index contributed by atoms with van der Waals surface area (Å²) in [6.07, 6.45) is 3.35. The van der Waals surface area contributed by atoms with Crippen LogP contribution < -0.4 is 10.2 Å². The van der Waals surface area contributed by atoms with Gasteiger partial charge >= 0.3 is 5.97 Å². The first-order chi connectivity index (χ1) is 8.02. The normalized spacial score (nSPS) is 19.7. The highest BCUT2D eigenvalue weighted by atomic mass is 16.4. The topological polar surface area (TPSA) is 82.8 Å². The first kappa shape index (κ1) is 10.2. The molecule has 0 aromatic carbocycles. The molecule has 17 heavy (non-hydrogen) atoms. The Labute approximate surface area is 97.2 Å². The number of carbonyl (C=O) groups is 2.